The minimum Gasteiger partial charge on any atom is -0.382 e. The Balaban J connectivity index is 0.00000420. The fraction of sp³-hybridized carbons (Fsp3) is 0.850. The average Bonchev–Trinajstić information content (AvgIpc) is 2.89. The number of nitrogens with zero attached hydrogens (tertiary/aromatic N) is 4. The second-order valence-corrected chi connectivity index (χ2v) is 7.28. The summed E-state index contributed by atoms with van der Waals surface area (Å²) in [5.74, 6) is 2.52. The molecule has 168 valence electrons. The number of rotatable bonds is 11. The van der Waals surface area contributed by atoms with Gasteiger partial charge in [0.2, 0.25) is 0 Å². The van der Waals surface area contributed by atoms with Gasteiger partial charge in [-0.1, -0.05) is 25.7 Å². The summed E-state index contributed by atoms with van der Waals surface area (Å²) in [7, 11) is 1.96. The zero-order valence-electron chi connectivity index (χ0n) is 18.3. The second-order valence-electron chi connectivity index (χ2n) is 7.28. The molecule has 1 aliphatic carbocycles. The predicted molar refractivity (Wildman–Crippen MR) is 127 cm³/mol. The third-order valence-electron chi connectivity index (χ3n) is 5.07. The molecule has 0 bridgehead atoms. The lowest BCUT2D eigenvalue weighted by Crippen LogP contribution is -2.40. The Hall–Kier alpha value is -0.940. The minimum absolute atomic E-state index is 0. The summed E-state index contributed by atoms with van der Waals surface area (Å²) in [6.07, 6.45) is 9.04. The normalized spacial score (nSPS) is 15.6. The van der Waals surface area contributed by atoms with Crippen molar-refractivity contribution in [1.82, 2.24) is 25.4 Å². The molecule has 0 aromatic carbocycles. The Morgan fingerprint density at radius 3 is 2.48 bits per heavy atom. The topological polar surface area (TPSA) is 85.6 Å². The van der Waals surface area contributed by atoms with Crippen LogP contribution in [0.15, 0.2) is 4.99 Å². The van der Waals surface area contributed by atoms with Crippen LogP contribution in [0.5, 0.6) is 0 Å². The van der Waals surface area contributed by atoms with E-state index in [1.54, 1.807) is 0 Å². The molecule has 2 N–H and O–H groups in total. The number of guanidine groups is 1. The molecule has 0 unspecified atom stereocenters. The van der Waals surface area contributed by atoms with Gasteiger partial charge in [0.05, 0.1) is 12.7 Å². The number of aromatic nitrogens is 3. The van der Waals surface area contributed by atoms with Gasteiger partial charge in [-0.05, 0) is 33.1 Å². The van der Waals surface area contributed by atoms with Crippen molar-refractivity contribution in [2.45, 2.75) is 71.4 Å². The molecule has 0 aliphatic heterocycles. The van der Waals surface area contributed by atoms with Crippen LogP contribution in [0.3, 0.4) is 0 Å². The van der Waals surface area contributed by atoms with E-state index in [0.717, 1.165) is 50.3 Å². The van der Waals surface area contributed by atoms with E-state index in [-0.39, 0.29) is 24.0 Å². The van der Waals surface area contributed by atoms with E-state index in [4.69, 9.17) is 9.47 Å². The summed E-state index contributed by atoms with van der Waals surface area (Å²) in [5.41, 5.74) is 0. The van der Waals surface area contributed by atoms with Crippen LogP contribution in [-0.4, -0.2) is 59.7 Å². The number of aliphatic imine (C=N–C) groups is 1. The van der Waals surface area contributed by atoms with Crippen LogP contribution >= 0.6 is 24.0 Å². The highest BCUT2D eigenvalue weighted by molar-refractivity contribution is 14.0. The predicted octanol–water partition coefficient (Wildman–Crippen LogP) is 2.94. The van der Waals surface area contributed by atoms with Crippen LogP contribution < -0.4 is 10.6 Å². The quantitative estimate of drug-likeness (QED) is 0.153. The Kier molecular flexibility index (Phi) is 14.3. The fourth-order valence-corrected chi connectivity index (χ4v) is 3.24. The number of nitrogens with one attached hydrogen (secondary N) is 2. The van der Waals surface area contributed by atoms with E-state index >= 15 is 0 Å². The summed E-state index contributed by atoms with van der Waals surface area (Å²) >= 11 is 0. The third-order valence-corrected chi connectivity index (χ3v) is 5.07. The van der Waals surface area contributed by atoms with Crippen LogP contribution in [-0.2, 0) is 23.1 Å². The van der Waals surface area contributed by atoms with Crippen molar-refractivity contribution in [3.05, 3.63) is 11.6 Å². The lowest BCUT2D eigenvalue weighted by molar-refractivity contribution is 0.0468. The molecule has 0 radical (unpaired) electrons. The van der Waals surface area contributed by atoms with E-state index in [1.807, 2.05) is 25.5 Å². The summed E-state index contributed by atoms with van der Waals surface area (Å²) in [5, 5.41) is 15.0. The first-order valence-corrected chi connectivity index (χ1v) is 10.8. The van der Waals surface area contributed by atoms with Crippen molar-refractivity contribution < 1.29 is 9.47 Å². The van der Waals surface area contributed by atoms with Crippen molar-refractivity contribution in [2.24, 2.45) is 12.0 Å². The summed E-state index contributed by atoms with van der Waals surface area (Å²) in [6, 6.07) is 0. The highest BCUT2D eigenvalue weighted by Crippen LogP contribution is 2.19. The molecule has 9 heteroatoms. The van der Waals surface area contributed by atoms with Gasteiger partial charge in [0.15, 0.2) is 11.8 Å². The second kappa shape index (κ2) is 15.8. The van der Waals surface area contributed by atoms with Crippen molar-refractivity contribution >= 4 is 29.9 Å². The van der Waals surface area contributed by atoms with E-state index in [1.165, 1.54) is 38.5 Å². The standard InChI is InChI=1S/C20H38N6O2.HI/c1-4-27-14-9-12-21-20(23-16-19-25-24-17(2)26(19)3)22-13-15-28-18-10-7-5-6-8-11-18;/h18H,4-16H2,1-3H3,(H2,21,22,23);1H. The monoisotopic (exact) mass is 522 g/mol. The molecule has 0 saturated heterocycles. The molecule has 1 saturated carbocycles. The lowest BCUT2D eigenvalue weighted by atomic mass is 10.1. The van der Waals surface area contributed by atoms with Crippen LogP contribution in [0, 0.1) is 6.92 Å². The number of hydrogen-bond donors (Lipinski definition) is 2. The lowest BCUT2D eigenvalue weighted by Gasteiger charge is -2.17. The van der Waals surface area contributed by atoms with Crippen molar-refractivity contribution in [1.29, 1.82) is 0 Å². The molecule has 1 aromatic rings. The van der Waals surface area contributed by atoms with E-state index in [2.05, 4.69) is 25.8 Å². The van der Waals surface area contributed by atoms with E-state index < -0.39 is 0 Å². The molecule has 0 spiro atoms. The van der Waals surface area contributed by atoms with Gasteiger partial charge in [0.25, 0.3) is 0 Å². The number of aryl methyl sites for hydroxylation is 1. The van der Waals surface area contributed by atoms with E-state index in [0.29, 0.717) is 19.3 Å². The van der Waals surface area contributed by atoms with E-state index in [9.17, 15) is 0 Å². The largest absolute Gasteiger partial charge is 0.382 e. The summed E-state index contributed by atoms with van der Waals surface area (Å²) < 4.78 is 13.4. The zero-order chi connectivity index (χ0) is 20.0. The highest BCUT2D eigenvalue weighted by Gasteiger charge is 2.12. The molecule has 1 aliphatic rings. The number of ether oxygens (including phenoxy) is 2. The van der Waals surface area contributed by atoms with Gasteiger partial charge in [0.1, 0.15) is 12.4 Å². The van der Waals surface area contributed by atoms with Crippen molar-refractivity contribution in [3.63, 3.8) is 0 Å². The van der Waals surface area contributed by atoms with Crippen LogP contribution in [0.1, 0.15) is 63.5 Å². The Labute approximate surface area is 192 Å². The molecule has 1 fully saturated rings. The maximum atomic E-state index is 6.06. The van der Waals surface area contributed by atoms with Gasteiger partial charge in [-0.3, -0.25) is 0 Å². The SMILES string of the molecule is CCOCCCNC(=NCc1nnc(C)n1C)NCCOC1CCCCCC1.I. The number of halogens is 1. The Morgan fingerprint density at radius 1 is 1.10 bits per heavy atom. The third kappa shape index (κ3) is 10.6. The van der Waals surface area contributed by atoms with Crippen molar-refractivity contribution in [3.8, 4) is 0 Å². The van der Waals surface area contributed by atoms with Crippen LogP contribution in [0.25, 0.3) is 0 Å². The first-order valence-electron chi connectivity index (χ1n) is 10.8. The Bertz CT molecular complexity index is 573. The first-order chi connectivity index (χ1) is 13.7. The Morgan fingerprint density at radius 2 is 1.83 bits per heavy atom. The fourth-order valence-electron chi connectivity index (χ4n) is 3.24. The molecule has 1 aromatic heterocycles. The van der Waals surface area contributed by atoms with Crippen LogP contribution in [0.4, 0.5) is 0 Å². The summed E-state index contributed by atoms with van der Waals surface area (Å²) in [4.78, 5) is 4.66. The molecular weight excluding hydrogens is 483 g/mol. The molecule has 2 rings (SSSR count). The van der Waals surface area contributed by atoms with Crippen molar-refractivity contribution in [2.75, 3.05) is 32.9 Å². The maximum absolute atomic E-state index is 6.06. The number of hydrogen-bond acceptors (Lipinski definition) is 5. The zero-order valence-corrected chi connectivity index (χ0v) is 20.6. The highest BCUT2D eigenvalue weighted by atomic mass is 127. The first kappa shape index (κ1) is 26.1. The minimum atomic E-state index is 0. The average molecular weight is 522 g/mol. The summed E-state index contributed by atoms with van der Waals surface area (Å²) in [6.45, 7) is 8.20. The van der Waals surface area contributed by atoms with Gasteiger partial charge >= 0.3 is 0 Å². The van der Waals surface area contributed by atoms with Crippen LogP contribution in [0.2, 0.25) is 0 Å². The maximum Gasteiger partial charge on any atom is 0.191 e. The molecule has 1 heterocycles. The van der Waals surface area contributed by atoms with Gasteiger partial charge in [-0.2, -0.15) is 0 Å². The van der Waals surface area contributed by atoms with Gasteiger partial charge < -0.3 is 24.7 Å². The van der Waals surface area contributed by atoms with Gasteiger partial charge in [0, 0.05) is 33.4 Å². The molecule has 8 nitrogen and oxygen atoms in total. The molecule has 0 amide bonds. The van der Waals surface area contributed by atoms with Gasteiger partial charge in [-0.15, -0.1) is 34.2 Å². The molecular formula is C20H39IN6O2. The van der Waals surface area contributed by atoms with Gasteiger partial charge in [-0.25, -0.2) is 4.99 Å². The molecule has 29 heavy (non-hydrogen) atoms. The smallest absolute Gasteiger partial charge is 0.191 e. The molecule has 0 atom stereocenters.